The molecule has 0 saturated heterocycles. The number of hydrogen-bond acceptors (Lipinski definition) is 0. The van der Waals surface area contributed by atoms with Gasteiger partial charge < -0.3 is 0 Å². The van der Waals surface area contributed by atoms with Gasteiger partial charge in [-0.1, -0.05) is 122 Å². The van der Waals surface area contributed by atoms with Crippen molar-refractivity contribution < 1.29 is 0 Å². The Bertz CT molecular complexity index is 505. The lowest BCUT2D eigenvalue weighted by Crippen LogP contribution is -2.40. The summed E-state index contributed by atoms with van der Waals surface area (Å²) >= 11 is 0. The van der Waals surface area contributed by atoms with Gasteiger partial charge in [-0.3, -0.25) is 0 Å². The number of benzene rings is 2. The topological polar surface area (TPSA) is 0 Å². The van der Waals surface area contributed by atoms with Crippen LogP contribution in [0.15, 0.2) is 72.4 Å². The van der Waals surface area contributed by atoms with Crippen molar-refractivity contribution in [1.82, 2.24) is 0 Å². The van der Waals surface area contributed by atoms with Gasteiger partial charge in [0.2, 0.25) is 0 Å². The van der Waals surface area contributed by atoms with Gasteiger partial charge in [0, 0.05) is 0 Å². The maximum Gasteiger partial charge on any atom is 0.146 e. The van der Waals surface area contributed by atoms with E-state index in [1.807, 2.05) is 0 Å². The van der Waals surface area contributed by atoms with Crippen molar-refractivity contribution >= 4 is 19.2 Å². The molecule has 0 fully saturated rings. The molecule has 0 aliphatic rings. The van der Waals surface area contributed by atoms with Crippen molar-refractivity contribution in [3.63, 3.8) is 0 Å². The molecule has 23 heavy (non-hydrogen) atoms. The Kier molecular flexibility index (Phi) is 8.50. The molecule has 0 aromatic heterocycles. The van der Waals surface area contributed by atoms with Gasteiger partial charge in [-0.05, 0) is 12.8 Å². The molecule has 1 heteroatoms. The van der Waals surface area contributed by atoms with Gasteiger partial charge in [0.1, 0.15) is 8.80 Å². The lowest BCUT2D eigenvalue weighted by atomic mass is 10.1. The summed E-state index contributed by atoms with van der Waals surface area (Å²) < 4.78 is 0. The van der Waals surface area contributed by atoms with E-state index < -0.39 is 8.80 Å². The average Bonchev–Trinajstić information content (AvgIpc) is 2.62. The third-order valence-electron chi connectivity index (χ3n) is 4.18. The summed E-state index contributed by atoms with van der Waals surface area (Å²) in [7, 11) is -0.781. The zero-order valence-corrected chi connectivity index (χ0v) is 15.4. The van der Waals surface area contributed by atoms with Gasteiger partial charge in [0.05, 0.1) is 0 Å². The molecule has 0 atom stereocenters. The Morgan fingerprint density at radius 1 is 0.696 bits per heavy atom. The highest BCUT2D eigenvalue weighted by Gasteiger charge is 2.12. The fraction of sp³-hybridized carbons (Fsp3) is 0.364. The van der Waals surface area contributed by atoms with Crippen LogP contribution in [0.2, 0.25) is 0 Å². The van der Waals surface area contributed by atoms with Crippen LogP contribution in [-0.2, 0) is 0 Å². The number of rotatable bonds is 10. The SMILES string of the molecule is CCCCCCCC/C=C/[Si](c1ccccc1)c1ccccc1. The Morgan fingerprint density at radius 3 is 1.78 bits per heavy atom. The van der Waals surface area contributed by atoms with E-state index in [0.717, 1.165) is 0 Å². The Balaban J connectivity index is 1.90. The molecule has 121 valence electrons. The van der Waals surface area contributed by atoms with Crippen molar-refractivity contribution in [2.45, 2.75) is 51.9 Å². The van der Waals surface area contributed by atoms with E-state index in [4.69, 9.17) is 0 Å². The second-order valence-corrected chi connectivity index (χ2v) is 8.42. The number of hydrogen-bond donors (Lipinski definition) is 0. The smallest absolute Gasteiger partial charge is 0.0919 e. The molecule has 2 aromatic carbocycles. The van der Waals surface area contributed by atoms with Crippen LogP contribution in [0.3, 0.4) is 0 Å². The maximum atomic E-state index is 2.49. The van der Waals surface area contributed by atoms with Gasteiger partial charge in [-0.25, -0.2) is 0 Å². The van der Waals surface area contributed by atoms with Crippen molar-refractivity contribution in [1.29, 1.82) is 0 Å². The van der Waals surface area contributed by atoms with Gasteiger partial charge in [0.25, 0.3) is 0 Å². The zero-order valence-electron chi connectivity index (χ0n) is 14.4. The van der Waals surface area contributed by atoms with Crippen molar-refractivity contribution in [3.05, 3.63) is 72.4 Å². The number of unbranched alkanes of at least 4 members (excludes halogenated alkanes) is 6. The largest absolute Gasteiger partial charge is 0.146 e. The highest BCUT2D eigenvalue weighted by Crippen LogP contribution is 2.07. The second-order valence-electron chi connectivity index (χ2n) is 6.10. The summed E-state index contributed by atoms with van der Waals surface area (Å²) in [6.45, 7) is 2.28. The third-order valence-corrected chi connectivity index (χ3v) is 6.66. The third kappa shape index (κ3) is 6.58. The van der Waals surface area contributed by atoms with Crippen LogP contribution in [0.25, 0.3) is 0 Å². The molecule has 0 aliphatic heterocycles. The summed E-state index contributed by atoms with van der Waals surface area (Å²) in [6.07, 6.45) is 11.9. The maximum absolute atomic E-state index is 2.49. The van der Waals surface area contributed by atoms with Crippen molar-refractivity contribution in [3.8, 4) is 0 Å². The minimum atomic E-state index is -0.781. The summed E-state index contributed by atoms with van der Waals surface area (Å²) in [4.78, 5) is 0. The van der Waals surface area contributed by atoms with E-state index in [9.17, 15) is 0 Å². The first-order valence-electron chi connectivity index (χ1n) is 9.06. The van der Waals surface area contributed by atoms with Crippen LogP contribution >= 0.6 is 0 Å². The van der Waals surface area contributed by atoms with E-state index in [0.29, 0.717) is 0 Å². The van der Waals surface area contributed by atoms with Crippen molar-refractivity contribution in [2.75, 3.05) is 0 Å². The van der Waals surface area contributed by atoms with E-state index in [1.165, 1.54) is 55.3 Å². The van der Waals surface area contributed by atoms with Crippen LogP contribution in [0, 0.1) is 0 Å². The molecule has 0 heterocycles. The molecule has 0 unspecified atom stereocenters. The Hall–Kier alpha value is -1.60. The van der Waals surface area contributed by atoms with Gasteiger partial charge in [-0.15, -0.1) is 0 Å². The van der Waals surface area contributed by atoms with Gasteiger partial charge >= 0.3 is 0 Å². The molecule has 2 aromatic rings. The monoisotopic (exact) mass is 321 g/mol. The summed E-state index contributed by atoms with van der Waals surface area (Å²) in [5.41, 5.74) is 2.49. The minimum Gasteiger partial charge on any atom is -0.0919 e. The van der Waals surface area contributed by atoms with E-state index in [-0.39, 0.29) is 0 Å². The first kappa shape index (κ1) is 17.7. The lowest BCUT2D eigenvalue weighted by Gasteiger charge is -2.11. The molecule has 0 saturated carbocycles. The lowest BCUT2D eigenvalue weighted by molar-refractivity contribution is 0.611. The normalized spacial score (nSPS) is 11.4. The fourth-order valence-corrected chi connectivity index (χ4v) is 5.06. The summed E-state index contributed by atoms with van der Waals surface area (Å²) in [5, 5.41) is 2.95. The first-order valence-corrected chi connectivity index (χ1v) is 10.6. The molecule has 0 spiro atoms. The molecule has 2 rings (SSSR count). The molecular formula is C22H29Si. The second kappa shape index (κ2) is 11.0. The van der Waals surface area contributed by atoms with Crippen LogP contribution in [0.1, 0.15) is 51.9 Å². The van der Waals surface area contributed by atoms with Crippen LogP contribution in [0.5, 0.6) is 0 Å². The fourth-order valence-electron chi connectivity index (χ4n) is 2.84. The molecule has 0 nitrogen and oxygen atoms in total. The molecule has 0 aliphatic carbocycles. The highest BCUT2D eigenvalue weighted by molar-refractivity contribution is 6.89. The van der Waals surface area contributed by atoms with Crippen LogP contribution < -0.4 is 10.4 Å². The molecule has 1 radical (unpaired) electrons. The van der Waals surface area contributed by atoms with Gasteiger partial charge in [-0.2, -0.15) is 0 Å². The predicted molar refractivity (Wildman–Crippen MR) is 105 cm³/mol. The molecule has 0 N–H and O–H groups in total. The summed E-state index contributed by atoms with van der Waals surface area (Å²) in [6, 6.07) is 21.9. The number of allylic oxidation sites excluding steroid dienone is 1. The molecule has 0 amide bonds. The average molecular weight is 322 g/mol. The van der Waals surface area contributed by atoms with E-state index in [1.54, 1.807) is 0 Å². The van der Waals surface area contributed by atoms with Crippen molar-refractivity contribution in [2.24, 2.45) is 0 Å². The Labute approximate surface area is 143 Å². The predicted octanol–water partition coefficient (Wildman–Crippen LogP) is 5.14. The van der Waals surface area contributed by atoms with Gasteiger partial charge in [0.15, 0.2) is 0 Å². The minimum absolute atomic E-state index is 0.781. The summed E-state index contributed by atoms with van der Waals surface area (Å²) in [5.74, 6) is 0. The van der Waals surface area contributed by atoms with Crippen LogP contribution in [-0.4, -0.2) is 8.80 Å². The van der Waals surface area contributed by atoms with E-state index in [2.05, 4.69) is 79.4 Å². The van der Waals surface area contributed by atoms with E-state index >= 15 is 0 Å². The quantitative estimate of drug-likeness (QED) is 0.420. The Morgan fingerprint density at radius 2 is 1.22 bits per heavy atom. The molecular weight excluding hydrogens is 292 g/mol. The zero-order chi connectivity index (χ0) is 16.2. The van der Waals surface area contributed by atoms with Crippen LogP contribution in [0.4, 0.5) is 0 Å². The standard InChI is InChI=1S/C22H29Si/c1-2-3-4-5-6-7-8-15-20-23(21-16-11-9-12-17-21)22-18-13-10-14-19-22/h9-20H,2-8H2,1H3/b20-15+. The molecule has 0 bridgehead atoms. The highest BCUT2D eigenvalue weighted by atomic mass is 28.3. The first-order chi connectivity index (χ1) is 11.4.